The number of nitrogens with zero attached hydrogens (tertiary/aromatic N) is 2. The first-order chi connectivity index (χ1) is 16.4. The molecule has 0 aliphatic heterocycles. The molecule has 4 rings (SSSR count). The van der Waals surface area contributed by atoms with Gasteiger partial charge in [0.1, 0.15) is 24.3 Å². The van der Waals surface area contributed by atoms with E-state index in [1.165, 1.54) is 24.8 Å². The van der Waals surface area contributed by atoms with Gasteiger partial charge in [-0.2, -0.15) is 5.10 Å². The number of amides is 1. The van der Waals surface area contributed by atoms with Crippen molar-refractivity contribution in [3.05, 3.63) is 89.4 Å². The van der Waals surface area contributed by atoms with Gasteiger partial charge in [0.25, 0.3) is 0 Å². The Kier molecular flexibility index (Phi) is 6.93. The molecule has 4 aromatic rings. The fourth-order valence-corrected chi connectivity index (χ4v) is 3.92. The molecule has 0 saturated heterocycles. The highest BCUT2D eigenvalue weighted by Crippen LogP contribution is 2.30. The van der Waals surface area contributed by atoms with Gasteiger partial charge in [-0.25, -0.2) is 9.07 Å². The van der Waals surface area contributed by atoms with E-state index in [2.05, 4.69) is 36.4 Å². The van der Waals surface area contributed by atoms with Crippen molar-refractivity contribution in [1.82, 2.24) is 15.1 Å². The summed E-state index contributed by atoms with van der Waals surface area (Å²) >= 11 is 0. The molecule has 1 heterocycles. The zero-order chi connectivity index (χ0) is 24.2. The second-order valence-corrected chi connectivity index (χ2v) is 8.42. The smallest absolute Gasteiger partial charge is 0.246 e. The van der Waals surface area contributed by atoms with Crippen molar-refractivity contribution in [3.8, 4) is 11.4 Å². The number of aromatic nitrogens is 2. The summed E-state index contributed by atoms with van der Waals surface area (Å²) in [5.74, 6) is 0.158. The first kappa shape index (κ1) is 23.4. The monoisotopic (exact) mass is 461 g/mol. The van der Waals surface area contributed by atoms with Crippen LogP contribution in [-0.4, -0.2) is 35.4 Å². The standard InChI is InChI=1S/C27H28FN3O3/c1-17-5-6-20(13-18(17)2)27(19(3)30-26(32)16-33-4)34-24-11-12-25-21(14-24)15-29-31(25)23-9-7-22(28)8-10-23/h5-15,19,27H,16H2,1-4H3,(H,30,32)/t19-,27-/m0/s1. The number of halogens is 1. The van der Waals surface area contributed by atoms with E-state index in [-0.39, 0.29) is 24.4 Å². The van der Waals surface area contributed by atoms with Crippen molar-refractivity contribution < 1.29 is 18.7 Å². The second kappa shape index (κ2) is 10.1. The van der Waals surface area contributed by atoms with Crippen LogP contribution in [0.4, 0.5) is 4.39 Å². The van der Waals surface area contributed by atoms with Crippen LogP contribution in [0.3, 0.4) is 0 Å². The summed E-state index contributed by atoms with van der Waals surface area (Å²) < 4.78 is 26.5. The van der Waals surface area contributed by atoms with Crippen LogP contribution >= 0.6 is 0 Å². The Balaban J connectivity index is 1.64. The molecule has 0 aliphatic rings. The lowest BCUT2D eigenvalue weighted by molar-refractivity contribution is -0.126. The third kappa shape index (κ3) is 5.10. The number of nitrogens with one attached hydrogen (secondary N) is 1. The van der Waals surface area contributed by atoms with Crippen LogP contribution in [0.15, 0.2) is 66.9 Å². The fraction of sp³-hybridized carbons (Fsp3) is 0.259. The summed E-state index contributed by atoms with van der Waals surface area (Å²) in [6, 6.07) is 17.8. The first-order valence-electron chi connectivity index (χ1n) is 11.1. The van der Waals surface area contributed by atoms with Gasteiger partial charge in [-0.15, -0.1) is 0 Å². The van der Waals surface area contributed by atoms with E-state index < -0.39 is 6.10 Å². The van der Waals surface area contributed by atoms with Crippen LogP contribution in [-0.2, 0) is 9.53 Å². The molecule has 0 spiro atoms. The zero-order valence-corrected chi connectivity index (χ0v) is 19.7. The number of methoxy groups -OCH3 is 1. The van der Waals surface area contributed by atoms with Gasteiger partial charge in [-0.1, -0.05) is 18.2 Å². The molecule has 0 bridgehead atoms. The predicted molar refractivity (Wildman–Crippen MR) is 130 cm³/mol. The van der Waals surface area contributed by atoms with Gasteiger partial charge >= 0.3 is 0 Å². The number of fused-ring (bicyclic) bond motifs is 1. The lowest BCUT2D eigenvalue weighted by atomic mass is 9.98. The fourth-order valence-electron chi connectivity index (χ4n) is 3.92. The number of carbonyl (C=O) groups is 1. The lowest BCUT2D eigenvalue weighted by Crippen LogP contribution is -2.40. The minimum atomic E-state index is -0.412. The molecule has 1 aromatic heterocycles. The van der Waals surface area contributed by atoms with Crippen molar-refractivity contribution in [1.29, 1.82) is 0 Å². The summed E-state index contributed by atoms with van der Waals surface area (Å²) in [7, 11) is 1.49. The normalized spacial score (nSPS) is 13.0. The highest BCUT2D eigenvalue weighted by atomic mass is 19.1. The SMILES string of the molecule is COCC(=O)N[C@@H](C)[C@H](Oc1ccc2c(cnn2-c2ccc(F)cc2)c1)c1ccc(C)c(C)c1. The van der Waals surface area contributed by atoms with Gasteiger partial charge in [0.15, 0.2) is 0 Å². The van der Waals surface area contributed by atoms with E-state index >= 15 is 0 Å². The number of ether oxygens (including phenoxy) is 2. The van der Waals surface area contributed by atoms with Crippen LogP contribution in [0, 0.1) is 19.7 Å². The quantitative estimate of drug-likeness (QED) is 0.399. The van der Waals surface area contributed by atoms with Gasteiger partial charge in [0.05, 0.1) is 23.4 Å². The molecule has 34 heavy (non-hydrogen) atoms. The number of hydrogen-bond acceptors (Lipinski definition) is 4. The number of rotatable bonds is 8. The summed E-state index contributed by atoms with van der Waals surface area (Å²) in [4.78, 5) is 12.2. The number of hydrogen-bond donors (Lipinski definition) is 1. The molecule has 0 radical (unpaired) electrons. The van der Waals surface area contributed by atoms with Crippen LogP contribution in [0.25, 0.3) is 16.6 Å². The molecule has 0 fully saturated rings. The third-order valence-corrected chi connectivity index (χ3v) is 5.85. The summed E-state index contributed by atoms with van der Waals surface area (Å²) in [6.07, 6.45) is 1.34. The molecule has 2 atom stereocenters. The minimum Gasteiger partial charge on any atom is -0.484 e. The van der Waals surface area contributed by atoms with E-state index in [1.54, 1.807) is 23.0 Å². The Bertz CT molecular complexity index is 1300. The van der Waals surface area contributed by atoms with Crippen molar-refractivity contribution >= 4 is 16.8 Å². The maximum Gasteiger partial charge on any atom is 0.246 e. The zero-order valence-electron chi connectivity index (χ0n) is 19.7. The molecular weight excluding hydrogens is 433 g/mol. The van der Waals surface area contributed by atoms with Crippen LogP contribution < -0.4 is 10.1 Å². The summed E-state index contributed by atoms with van der Waals surface area (Å²) in [6.45, 7) is 6.02. The molecular formula is C27H28FN3O3. The number of benzene rings is 3. The molecule has 0 aliphatic carbocycles. The van der Waals surface area contributed by atoms with Crippen molar-refractivity contribution in [2.45, 2.75) is 32.9 Å². The minimum absolute atomic E-state index is 0.0154. The average molecular weight is 462 g/mol. The van der Waals surface area contributed by atoms with E-state index in [1.807, 2.05) is 31.2 Å². The molecule has 3 aromatic carbocycles. The Morgan fingerprint density at radius 3 is 2.53 bits per heavy atom. The Morgan fingerprint density at radius 2 is 1.82 bits per heavy atom. The Hall–Kier alpha value is -3.71. The van der Waals surface area contributed by atoms with Crippen molar-refractivity contribution in [2.75, 3.05) is 13.7 Å². The molecule has 7 heteroatoms. The molecule has 0 unspecified atom stereocenters. The topological polar surface area (TPSA) is 65.4 Å². The van der Waals surface area contributed by atoms with Gasteiger partial charge in [0, 0.05) is 12.5 Å². The van der Waals surface area contributed by atoms with Crippen LogP contribution in [0.2, 0.25) is 0 Å². The molecule has 6 nitrogen and oxygen atoms in total. The van der Waals surface area contributed by atoms with Crippen molar-refractivity contribution in [3.63, 3.8) is 0 Å². The highest BCUT2D eigenvalue weighted by molar-refractivity contribution is 5.82. The molecule has 1 amide bonds. The molecule has 176 valence electrons. The summed E-state index contributed by atoms with van der Waals surface area (Å²) in [5.41, 5.74) is 4.96. The lowest BCUT2D eigenvalue weighted by Gasteiger charge is -2.27. The highest BCUT2D eigenvalue weighted by Gasteiger charge is 2.24. The van der Waals surface area contributed by atoms with Crippen LogP contribution in [0.1, 0.15) is 29.7 Å². The largest absolute Gasteiger partial charge is 0.484 e. The van der Waals surface area contributed by atoms with Gasteiger partial charge < -0.3 is 14.8 Å². The van der Waals surface area contributed by atoms with Crippen LogP contribution in [0.5, 0.6) is 5.75 Å². The maximum atomic E-state index is 13.3. The van der Waals surface area contributed by atoms with E-state index in [0.29, 0.717) is 5.75 Å². The number of carbonyl (C=O) groups excluding carboxylic acids is 1. The van der Waals surface area contributed by atoms with Gasteiger partial charge in [-0.05, 0) is 79.9 Å². The Morgan fingerprint density at radius 1 is 1.06 bits per heavy atom. The average Bonchev–Trinajstić information content (AvgIpc) is 3.23. The molecule has 1 N–H and O–H groups in total. The van der Waals surface area contributed by atoms with E-state index in [0.717, 1.165) is 27.7 Å². The number of aryl methyl sites for hydroxylation is 2. The first-order valence-corrected chi connectivity index (χ1v) is 11.1. The van der Waals surface area contributed by atoms with E-state index in [4.69, 9.17) is 9.47 Å². The Labute approximate surface area is 198 Å². The van der Waals surface area contributed by atoms with Gasteiger partial charge in [0.2, 0.25) is 5.91 Å². The summed E-state index contributed by atoms with van der Waals surface area (Å²) in [5, 5.41) is 8.31. The van der Waals surface area contributed by atoms with Crippen molar-refractivity contribution in [2.24, 2.45) is 0 Å². The second-order valence-electron chi connectivity index (χ2n) is 8.42. The van der Waals surface area contributed by atoms with Gasteiger partial charge in [-0.3, -0.25) is 4.79 Å². The predicted octanol–water partition coefficient (Wildman–Crippen LogP) is 5.05. The third-order valence-electron chi connectivity index (χ3n) is 5.85. The van der Waals surface area contributed by atoms with E-state index in [9.17, 15) is 9.18 Å². The maximum absolute atomic E-state index is 13.3. The molecule has 0 saturated carbocycles.